The van der Waals surface area contributed by atoms with E-state index in [1.54, 1.807) is 13.2 Å². The minimum absolute atomic E-state index is 0.206. The first-order valence-corrected chi connectivity index (χ1v) is 9.46. The minimum atomic E-state index is -0.984. The number of hydrogen-bond acceptors (Lipinski definition) is 4. The quantitative estimate of drug-likeness (QED) is 0.451. The van der Waals surface area contributed by atoms with Crippen LogP contribution in [-0.2, 0) is 4.79 Å². The maximum absolute atomic E-state index is 11.8. The second-order valence-electron chi connectivity index (χ2n) is 6.58. The topological polar surface area (TPSA) is 75.2 Å². The summed E-state index contributed by atoms with van der Waals surface area (Å²) >= 11 is 1.11. The summed E-state index contributed by atoms with van der Waals surface area (Å²) in [7, 11) is 1.65. The van der Waals surface area contributed by atoms with Crippen molar-refractivity contribution < 1.29 is 14.6 Å². The SMILES string of the molecule is COc1cc(C)c(/C=C(\Sc2nc3ccccc3[nH]2)C(=O)O)cc1C(C)C. The van der Waals surface area contributed by atoms with Crippen LogP contribution in [0.5, 0.6) is 5.75 Å². The number of para-hydroxylation sites is 2. The molecule has 1 heterocycles. The monoisotopic (exact) mass is 382 g/mol. The van der Waals surface area contributed by atoms with Crippen molar-refractivity contribution in [3.05, 3.63) is 58.0 Å². The molecule has 0 saturated heterocycles. The van der Waals surface area contributed by atoms with Gasteiger partial charge in [0.2, 0.25) is 0 Å². The average Bonchev–Trinajstić information content (AvgIpc) is 3.04. The van der Waals surface area contributed by atoms with Crippen LogP contribution in [0.15, 0.2) is 46.5 Å². The predicted molar refractivity (Wildman–Crippen MR) is 109 cm³/mol. The number of aromatic nitrogens is 2. The summed E-state index contributed by atoms with van der Waals surface area (Å²) in [6, 6.07) is 11.6. The van der Waals surface area contributed by atoms with E-state index in [1.807, 2.05) is 43.3 Å². The number of thioether (sulfide) groups is 1. The van der Waals surface area contributed by atoms with Crippen LogP contribution < -0.4 is 4.74 Å². The van der Waals surface area contributed by atoms with Crippen LogP contribution in [-0.4, -0.2) is 28.2 Å². The summed E-state index contributed by atoms with van der Waals surface area (Å²) < 4.78 is 5.47. The molecule has 0 saturated carbocycles. The fourth-order valence-electron chi connectivity index (χ4n) is 2.86. The number of aliphatic carboxylic acids is 1. The maximum atomic E-state index is 11.8. The number of aryl methyl sites for hydroxylation is 1. The van der Waals surface area contributed by atoms with Gasteiger partial charge >= 0.3 is 5.97 Å². The molecule has 6 heteroatoms. The number of H-pyrrole nitrogens is 1. The molecule has 27 heavy (non-hydrogen) atoms. The Morgan fingerprint density at radius 2 is 2.04 bits per heavy atom. The zero-order valence-electron chi connectivity index (χ0n) is 15.7. The fourth-order valence-corrected chi connectivity index (χ4v) is 3.64. The van der Waals surface area contributed by atoms with E-state index in [4.69, 9.17) is 4.74 Å². The Labute approximate surface area is 162 Å². The number of aromatic amines is 1. The smallest absolute Gasteiger partial charge is 0.342 e. The highest BCUT2D eigenvalue weighted by Gasteiger charge is 2.16. The van der Waals surface area contributed by atoms with E-state index in [9.17, 15) is 9.90 Å². The highest BCUT2D eigenvalue weighted by atomic mass is 32.2. The standard InChI is InChI=1S/C21H22N2O3S/c1-12(2)15-10-14(13(3)9-18(15)26-4)11-19(20(24)25)27-21-22-16-7-5-6-8-17(16)23-21/h5-12H,1-4H3,(H,22,23)(H,24,25)/b19-11-. The number of nitrogens with zero attached hydrogens (tertiary/aromatic N) is 1. The summed E-state index contributed by atoms with van der Waals surface area (Å²) in [6.45, 7) is 6.12. The Morgan fingerprint density at radius 1 is 1.30 bits per heavy atom. The van der Waals surface area contributed by atoms with Crippen molar-refractivity contribution in [2.45, 2.75) is 31.8 Å². The van der Waals surface area contributed by atoms with Crippen molar-refractivity contribution in [3.63, 3.8) is 0 Å². The molecule has 1 aromatic heterocycles. The summed E-state index contributed by atoms with van der Waals surface area (Å²) in [6.07, 6.45) is 1.70. The van der Waals surface area contributed by atoms with Crippen molar-refractivity contribution in [3.8, 4) is 5.75 Å². The lowest BCUT2D eigenvalue weighted by Crippen LogP contribution is -2.00. The van der Waals surface area contributed by atoms with E-state index in [-0.39, 0.29) is 10.8 Å². The Morgan fingerprint density at radius 3 is 2.67 bits per heavy atom. The lowest BCUT2D eigenvalue weighted by molar-refractivity contribution is -0.131. The number of hydrogen-bond donors (Lipinski definition) is 2. The molecule has 0 aliphatic carbocycles. The van der Waals surface area contributed by atoms with Crippen LogP contribution >= 0.6 is 11.8 Å². The van der Waals surface area contributed by atoms with E-state index in [2.05, 4.69) is 23.8 Å². The number of rotatable bonds is 6. The van der Waals surface area contributed by atoms with Crippen molar-refractivity contribution in [2.75, 3.05) is 7.11 Å². The van der Waals surface area contributed by atoms with Crippen molar-refractivity contribution in [1.82, 2.24) is 9.97 Å². The third-order valence-electron chi connectivity index (χ3n) is 4.31. The van der Waals surface area contributed by atoms with E-state index in [0.29, 0.717) is 5.16 Å². The Hall–Kier alpha value is -2.73. The van der Waals surface area contributed by atoms with Gasteiger partial charge in [-0.2, -0.15) is 0 Å². The number of imidazole rings is 1. The summed E-state index contributed by atoms with van der Waals surface area (Å²) in [5.41, 5.74) is 4.56. The predicted octanol–water partition coefficient (Wildman–Crippen LogP) is 5.22. The molecule has 2 aromatic carbocycles. The number of nitrogens with one attached hydrogen (secondary N) is 1. The van der Waals surface area contributed by atoms with Crippen molar-refractivity contribution in [2.24, 2.45) is 0 Å². The molecule has 0 radical (unpaired) electrons. The summed E-state index contributed by atoms with van der Waals surface area (Å²) in [5, 5.41) is 10.2. The van der Waals surface area contributed by atoms with Gasteiger partial charge in [0, 0.05) is 0 Å². The van der Waals surface area contributed by atoms with Gasteiger partial charge < -0.3 is 14.8 Å². The first-order chi connectivity index (χ1) is 12.9. The van der Waals surface area contributed by atoms with Crippen LogP contribution in [0.3, 0.4) is 0 Å². The fraction of sp³-hybridized carbons (Fsp3) is 0.238. The normalized spacial score (nSPS) is 12.0. The molecule has 0 atom stereocenters. The first-order valence-electron chi connectivity index (χ1n) is 8.65. The minimum Gasteiger partial charge on any atom is -0.496 e. The van der Waals surface area contributed by atoms with Gasteiger partial charge in [-0.15, -0.1) is 0 Å². The number of carbonyl (C=O) groups is 1. The molecule has 0 aliphatic heterocycles. The molecule has 0 unspecified atom stereocenters. The molecular formula is C21H22N2O3S. The molecule has 0 bridgehead atoms. The molecule has 0 aliphatic rings. The van der Waals surface area contributed by atoms with Crippen LogP contribution in [0.1, 0.15) is 36.5 Å². The van der Waals surface area contributed by atoms with Gasteiger partial charge in [0.05, 0.1) is 18.1 Å². The third-order valence-corrected chi connectivity index (χ3v) is 5.21. The Kier molecular flexibility index (Phi) is 5.56. The molecule has 3 rings (SSSR count). The lowest BCUT2D eigenvalue weighted by Gasteiger charge is -2.15. The molecule has 0 fully saturated rings. The largest absolute Gasteiger partial charge is 0.496 e. The first kappa shape index (κ1) is 19.0. The molecule has 3 aromatic rings. The van der Waals surface area contributed by atoms with Gasteiger partial charge in [-0.25, -0.2) is 9.78 Å². The van der Waals surface area contributed by atoms with Gasteiger partial charge in [-0.3, -0.25) is 0 Å². The van der Waals surface area contributed by atoms with Crippen LogP contribution in [0.25, 0.3) is 17.1 Å². The van der Waals surface area contributed by atoms with Gasteiger partial charge in [0.15, 0.2) is 5.16 Å². The van der Waals surface area contributed by atoms with Gasteiger partial charge in [0.1, 0.15) is 10.7 Å². The highest BCUT2D eigenvalue weighted by Crippen LogP contribution is 2.33. The number of ether oxygens (including phenoxy) is 1. The van der Waals surface area contributed by atoms with E-state index in [1.165, 1.54) is 0 Å². The highest BCUT2D eigenvalue weighted by molar-refractivity contribution is 8.04. The lowest BCUT2D eigenvalue weighted by atomic mass is 9.96. The second kappa shape index (κ2) is 7.88. The number of methoxy groups -OCH3 is 1. The number of fused-ring (bicyclic) bond motifs is 1. The number of carboxylic acids is 1. The van der Waals surface area contributed by atoms with Gasteiger partial charge in [0.25, 0.3) is 0 Å². The van der Waals surface area contributed by atoms with Crippen LogP contribution in [0.2, 0.25) is 0 Å². The summed E-state index contributed by atoms with van der Waals surface area (Å²) in [4.78, 5) is 19.6. The van der Waals surface area contributed by atoms with Crippen molar-refractivity contribution >= 4 is 34.8 Å². The molecule has 140 valence electrons. The second-order valence-corrected chi connectivity index (χ2v) is 7.61. The van der Waals surface area contributed by atoms with Crippen LogP contribution in [0.4, 0.5) is 0 Å². The van der Waals surface area contributed by atoms with Crippen LogP contribution in [0, 0.1) is 6.92 Å². The number of benzene rings is 2. The summed E-state index contributed by atoms with van der Waals surface area (Å²) in [5.74, 6) is 0.104. The van der Waals surface area contributed by atoms with E-state index >= 15 is 0 Å². The maximum Gasteiger partial charge on any atom is 0.342 e. The van der Waals surface area contributed by atoms with Crippen molar-refractivity contribution in [1.29, 1.82) is 0 Å². The molecular weight excluding hydrogens is 360 g/mol. The zero-order chi connectivity index (χ0) is 19.6. The number of carboxylic acid groups (broad SMARTS) is 1. The van der Waals surface area contributed by atoms with Gasteiger partial charge in [-0.05, 0) is 71.6 Å². The average molecular weight is 382 g/mol. The molecule has 0 spiro atoms. The molecule has 5 nitrogen and oxygen atoms in total. The third kappa shape index (κ3) is 4.17. The molecule has 2 N–H and O–H groups in total. The van der Waals surface area contributed by atoms with Gasteiger partial charge in [-0.1, -0.05) is 26.0 Å². The Bertz CT molecular complexity index is 988. The van der Waals surface area contributed by atoms with E-state index in [0.717, 1.165) is 45.2 Å². The zero-order valence-corrected chi connectivity index (χ0v) is 16.6. The Balaban J connectivity index is 2.00. The molecule has 0 amide bonds. The van der Waals surface area contributed by atoms with E-state index < -0.39 is 5.97 Å².